The lowest BCUT2D eigenvalue weighted by Crippen LogP contribution is -2.22. The number of rotatable bonds is 3. The third kappa shape index (κ3) is 2.34. The Morgan fingerprint density at radius 2 is 2.00 bits per heavy atom. The van der Waals surface area contributed by atoms with Crippen molar-refractivity contribution in [3.8, 4) is 28.8 Å². The summed E-state index contributed by atoms with van der Waals surface area (Å²) in [6.45, 7) is 0. The Morgan fingerprint density at radius 3 is 2.60 bits per heavy atom. The topological polar surface area (TPSA) is 77.1 Å². The average molecular weight is 271 g/mol. The van der Waals surface area contributed by atoms with Crippen LogP contribution in [0.5, 0.6) is 11.5 Å². The highest BCUT2D eigenvalue weighted by atomic mass is 16.5. The number of aromatic nitrogens is 2. The molecule has 0 bridgehead atoms. The van der Waals surface area contributed by atoms with Crippen LogP contribution in [0.15, 0.2) is 29.1 Å². The van der Waals surface area contributed by atoms with Crippen molar-refractivity contribution in [1.82, 2.24) is 9.78 Å². The second-order valence-electron chi connectivity index (χ2n) is 4.05. The molecule has 0 fully saturated rings. The van der Waals surface area contributed by atoms with Gasteiger partial charge in [0.1, 0.15) is 23.1 Å². The number of methoxy groups -OCH3 is 2. The van der Waals surface area contributed by atoms with E-state index in [1.54, 1.807) is 32.4 Å². The number of aryl methyl sites for hydroxylation is 1. The van der Waals surface area contributed by atoms with Crippen LogP contribution in [-0.2, 0) is 7.05 Å². The maximum Gasteiger partial charge on any atom is 0.284 e. The first-order valence-corrected chi connectivity index (χ1v) is 5.81. The average Bonchev–Trinajstić information content (AvgIpc) is 2.49. The molecule has 0 saturated carbocycles. The van der Waals surface area contributed by atoms with Gasteiger partial charge in [0, 0.05) is 12.6 Å². The first-order valence-electron chi connectivity index (χ1n) is 5.81. The summed E-state index contributed by atoms with van der Waals surface area (Å²) in [6, 6.07) is 8.56. The third-order valence-electron chi connectivity index (χ3n) is 2.87. The molecule has 6 nitrogen and oxygen atoms in total. The van der Waals surface area contributed by atoms with Gasteiger partial charge in [0.2, 0.25) is 0 Å². The molecule has 102 valence electrons. The summed E-state index contributed by atoms with van der Waals surface area (Å²) in [5, 5.41) is 13.1. The van der Waals surface area contributed by atoms with E-state index in [9.17, 15) is 4.79 Å². The van der Waals surface area contributed by atoms with Gasteiger partial charge in [-0.15, -0.1) is 0 Å². The SMILES string of the molecule is COc1ccc(OC)c(-c2cc(C#N)c(=O)n(C)n2)c1. The highest BCUT2D eigenvalue weighted by molar-refractivity contribution is 5.69. The third-order valence-corrected chi connectivity index (χ3v) is 2.87. The lowest BCUT2D eigenvalue weighted by atomic mass is 10.1. The molecule has 2 rings (SSSR count). The maximum absolute atomic E-state index is 11.7. The fourth-order valence-electron chi connectivity index (χ4n) is 1.83. The van der Waals surface area contributed by atoms with Gasteiger partial charge in [-0.1, -0.05) is 0 Å². The lowest BCUT2D eigenvalue weighted by Gasteiger charge is -2.10. The molecule has 0 atom stereocenters. The maximum atomic E-state index is 11.7. The summed E-state index contributed by atoms with van der Waals surface area (Å²) in [4.78, 5) is 11.7. The molecular weight excluding hydrogens is 258 g/mol. The van der Waals surface area contributed by atoms with E-state index in [2.05, 4.69) is 5.10 Å². The summed E-state index contributed by atoms with van der Waals surface area (Å²) >= 11 is 0. The Balaban J connectivity index is 2.71. The van der Waals surface area contributed by atoms with Gasteiger partial charge in [-0.3, -0.25) is 4.79 Å². The van der Waals surface area contributed by atoms with E-state index >= 15 is 0 Å². The number of ether oxygens (including phenoxy) is 2. The zero-order valence-electron chi connectivity index (χ0n) is 11.4. The predicted octanol–water partition coefficient (Wildman–Crippen LogP) is 1.34. The molecule has 1 aromatic heterocycles. The molecule has 0 amide bonds. The van der Waals surface area contributed by atoms with E-state index in [0.29, 0.717) is 22.8 Å². The van der Waals surface area contributed by atoms with Gasteiger partial charge in [0.05, 0.1) is 19.9 Å². The van der Waals surface area contributed by atoms with E-state index in [0.717, 1.165) is 4.68 Å². The first-order chi connectivity index (χ1) is 9.60. The van der Waals surface area contributed by atoms with Crippen LogP contribution in [0.4, 0.5) is 0 Å². The van der Waals surface area contributed by atoms with Crippen molar-refractivity contribution in [2.45, 2.75) is 0 Å². The van der Waals surface area contributed by atoms with Gasteiger partial charge in [-0.2, -0.15) is 10.4 Å². The van der Waals surface area contributed by atoms with Crippen molar-refractivity contribution in [3.63, 3.8) is 0 Å². The first kappa shape index (κ1) is 13.6. The Bertz CT molecular complexity index is 744. The summed E-state index contributed by atoms with van der Waals surface area (Å²) in [6.07, 6.45) is 0. The number of hydrogen-bond acceptors (Lipinski definition) is 5. The van der Waals surface area contributed by atoms with Gasteiger partial charge < -0.3 is 9.47 Å². The van der Waals surface area contributed by atoms with Crippen molar-refractivity contribution >= 4 is 0 Å². The second kappa shape index (κ2) is 5.45. The molecule has 0 N–H and O–H groups in total. The second-order valence-corrected chi connectivity index (χ2v) is 4.05. The van der Waals surface area contributed by atoms with Crippen LogP contribution in [0.1, 0.15) is 5.56 Å². The molecule has 1 heterocycles. The lowest BCUT2D eigenvalue weighted by molar-refractivity contribution is 0.404. The highest BCUT2D eigenvalue weighted by Crippen LogP contribution is 2.31. The number of nitriles is 1. The van der Waals surface area contributed by atoms with Crippen molar-refractivity contribution in [2.24, 2.45) is 7.05 Å². The monoisotopic (exact) mass is 271 g/mol. The van der Waals surface area contributed by atoms with Crippen LogP contribution in [0.25, 0.3) is 11.3 Å². The van der Waals surface area contributed by atoms with Crippen LogP contribution in [-0.4, -0.2) is 24.0 Å². The van der Waals surface area contributed by atoms with E-state index in [-0.39, 0.29) is 5.56 Å². The Kier molecular flexibility index (Phi) is 3.71. The van der Waals surface area contributed by atoms with Crippen LogP contribution < -0.4 is 15.0 Å². The van der Waals surface area contributed by atoms with Gasteiger partial charge in [0.25, 0.3) is 5.56 Å². The summed E-state index contributed by atoms with van der Waals surface area (Å²) in [5.41, 5.74) is 0.721. The van der Waals surface area contributed by atoms with Gasteiger partial charge >= 0.3 is 0 Å². The number of hydrogen-bond donors (Lipinski definition) is 0. The Morgan fingerprint density at radius 1 is 1.25 bits per heavy atom. The van der Waals surface area contributed by atoms with Crippen molar-refractivity contribution < 1.29 is 9.47 Å². The molecule has 2 aromatic rings. The number of nitrogens with zero attached hydrogens (tertiary/aromatic N) is 3. The molecule has 0 aliphatic rings. The minimum Gasteiger partial charge on any atom is -0.497 e. The quantitative estimate of drug-likeness (QED) is 0.841. The Hall–Kier alpha value is -2.81. The molecule has 0 unspecified atom stereocenters. The standard InChI is InChI=1S/C14H13N3O3/c1-17-14(18)9(8-15)6-12(16-17)11-7-10(19-2)4-5-13(11)20-3/h4-7H,1-3H3. The minimum atomic E-state index is -0.432. The van der Waals surface area contributed by atoms with Crippen LogP contribution >= 0.6 is 0 Å². The number of benzene rings is 1. The molecular formula is C14H13N3O3. The zero-order valence-corrected chi connectivity index (χ0v) is 11.4. The fourth-order valence-corrected chi connectivity index (χ4v) is 1.83. The van der Waals surface area contributed by atoms with E-state index in [1.807, 2.05) is 6.07 Å². The van der Waals surface area contributed by atoms with Crippen molar-refractivity contribution in [1.29, 1.82) is 5.26 Å². The van der Waals surface area contributed by atoms with E-state index < -0.39 is 5.56 Å². The van der Waals surface area contributed by atoms with Gasteiger partial charge in [-0.25, -0.2) is 4.68 Å². The van der Waals surface area contributed by atoms with Gasteiger partial charge in [0.15, 0.2) is 0 Å². The molecule has 0 saturated heterocycles. The molecule has 20 heavy (non-hydrogen) atoms. The van der Waals surface area contributed by atoms with E-state index in [1.165, 1.54) is 13.1 Å². The van der Waals surface area contributed by atoms with Crippen molar-refractivity contribution in [2.75, 3.05) is 14.2 Å². The van der Waals surface area contributed by atoms with Crippen molar-refractivity contribution in [3.05, 3.63) is 40.2 Å². The Labute approximate surface area is 115 Å². The predicted molar refractivity (Wildman–Crippen MR) is 72.7 cm³/mol. The summed E-state index contributed by atoms with van der Waals surface area (Å²) in [7, 11) is 4.60. The smallest absolute Gasteiger partial charge is 0.284 e. The fraction of sp³-hybridized carbons (Fsp3) is 0.214. The summed E-state index contributed by atoms with van der Waals surface area (Å²) in [5.74, 6) is 1.22. The molecule has 0 aliphatic heterocycles. The largest absolute Gasteiger partial charge is 0.497 e. The van der Waals surface area contributed by atoms with Crippen LogP contribution in [0.3, 0.4) is 0 Å². The highest BCUT2D eigenvalue weighted by Gasteiger charge is 2.13. The minimum absolute atomic E-state index is 0.0300. The molecule has 1 aromatic carbocycles. The molecule has 0 aliphatic carbocycles. The van der Waals surface area contributed by atoms with E-state index in [4.69, 9.17) is 14.7 Å². The zero-order chi connectivity index (χ0) is 14.7. The molecule has 0 radical (unpaired) electrons. The van der Waals surface area contributed by atoms with Gasteiger partial charge in [-0.05, 0) is 24.3 Å². The molecule has 0 spiro atoms. The normalized spacial score (nSPS) is 9.90. The molecule has 6 heteroatoms. The summed E-state index contributed by atoms with van der Waals surface area (Å²) < 4.78 is 11.6. The van der Waals surface area contributed by atoms with Crippen LogP contribution in [0.2, 0.25) is 0 Å². The van der Waals surface area contributed by atoms with Crippen LogP contribution in [0, 0.1) is 11.3 Å².